The summed E-state index contributed by atoms with van der Waals surface area (Å²) >= 11 is 0. The number of benzene rings is 1. The molecule has 0 unspecified atom stereocenters. The highest BCUT2D eigenvalue weighted by atomic mass is 16.5. The average Bonchev–Trinajstić information content (AvgIpc) is 3.25. The minimum atomic E-state index is -0.495. The maximum Gasteiger partial charge on any atom is 0.226 e. The number of fused-ring (bicyclic) bond motifs is 3. The number of Topliss-reactive ketones (excluding diaryl/α,β-unsaturated/α-hetero) is 1. The maximum atomic E-state index is 12.9. The fourth-order valence-electron chi connectivity index (χ4n) is 5.46. The van der Waals surface area contributed by atoms with Crippen LogP contribution in [0.25, 0.3) is 0 Å². The van der Waals surface area contributed by atoms with Crippen LogP contribution < -0.4 is 4.74 Å². The van der Waals surface area contributed by atoms with Crippen molar-refractivity contribution in [2.45, 2.75) is 43.8 Å². The number of aliphatic hydroxyl groups is 1. The molecule has 3 fully saturated rings. The molecule has 1 amide bonds. The van der Waals surface area contributed by atoms with E-state index in [0.717, 1.165) is 32.2 Å². The van der Waals surface area contributed by atoms with E-state index in [0.29, 0.717) is 30.2 Å². The number of carbonyl (C=O) groups is 2. The highest BCUT2D eigenvalue weighted by Crippen LogP contribution is 2.66. The third-order valence-electron chi connectivity index (χ3n) is 6.63. The Balaban J connectivity index is 1.38. The van der Waals surface area contributed by atoms with Crippen molar-refractivity contribution in [3.63, 3.8) is 0 Å². The van der Waals surface area contributed by atoms with Gasteiger partial charge in [-0.2, -0.15) is 0 Å². The van der Waals surface area contributed by atoms with Gasteiger partial charge < -0.3 is 14.7 Å². The summed E-state index contributed by atoms with van der Waals surface area (Å²) in [5.74, 6) is 1.42. The summed E-state index contributed by atoms with van der Waals surface area (Å²) in [6, 6.07) is 7.44. The fraction of sp³-hybridized carbons (Fsp3) is 0.600. The zero-order valence-corrected chi connectivity index (χ0v) is 14.2. The lowest BCUT2D eigenvalue weighted by Gasteiger charge is -2.38. The summed E-state index contributed by atoms with van der Waals surface area (Å²) < 4.78 is 6.35. The molecule has 1 aromatic carbocycles. The van der Waals surface area contributed by atoms with Gasteiger partial charge in [-0.05, 0) is 43.7 Å². The molecule has 5 atom stereocenters. The van der Waals surface area contributed by atoms with E-state index in [9.17, 15) is 14.7 Å². The van der Waals surface area contributed by atoms with Gasteiger partial charge in [-0.3, -0.25) is 9.59 Å². The topological polar surface area (TPSA) is 66.8 Å². The van der Waals surface area contributed by atoms with Gasteiger partial charge in [0.2, 0.25) is 5.91 Å². The van der Waals surface area contributed by atoms with Crippen LogP contribution in [-0.2, 0) is 4.79 Å². The van der Waals surface area contributed by atoms with Crippen molar-refractivity contribution < 1.29 is 19.4 Å². The number of carbonyl (C=O) groups excluding carboxylic acids is 2. The Labute approximate surface area is 147 Å². The van der Waals surface area contributed by atoms with Crippen LogP contribution in [0.4, 0.5) is 0 Å². The van der Waals surface area contributed by atoms with Crippen molar-refractivity contribution in [3.8, 4) is 5.75 Å². The number of ketones is 1. The average molecular weight is 341 g/mol. The molecule has 0 bridgehead atoms. The number of piperidine rings is 1. The Morgan fingerprint density at radius 3 is 2.96 bits per heavy atom. The summed E-state index contributed by atoms with van der Waals surface area (Å²) in [6.07, 6.45) is 3.44. The predicted molar refractivity (Wildman–Crippen MR) is 90.3 cm³/mol. The van der Waals surface area contributed by atoms with Gasteiger partial charge in [-0.25, -0.2) is 0 Å². The number of rotatable bonds is 1. The van der Waals surface area contributed by atoms with Crippen LogP contribution in [0.5, 0.6) is 5.75 Å². The number of hydrogen-bond donors (Lipinski definition) is 1. The van der Waals surface area contributed by atoms with Crippen molar-refractivity contribution in [2.24, 2.45) is 17.8 Å². The lowest BCUT2D eigenvalue weighted by atomic mass is 9.84. The van der Waals surface area contributed by atoms with E-state index < -0.39 is 11.7 Å². The Kier molecular flexibility index (Phi) is 3.26. The summed E-state index contributed by atoms with van der Waals surface area (Å²) in [5.41, 5.74) is 0.171. The lowest BCUT2D eigenvalue weighted by molar-refractivity contribution is -0.137. The second kappa shape index (κ2) is 5.31. The molecule has 1 N–H and O–H groups in total. The molecule has 2 aliphatic heterocycles. The first-order valence-corrected chi connectivity index (χ1v) is 9.37. The summed E-state index contributed by atoms with van der Waals surface area (Å²) in [4.78, 5) is 27.4. The van der Waals surface area contributed by atoms with Crippen molar-refractivity contribution in [1.82, 2.24) is 4.90 Å². The van der Waals surface area contributed by atoms with Gasteiger partial charge in [0.15, 0.2) is 5.78 Å². The second-order valence-electron chi connectivity index (χ2n) is 8.10. The van der Waals surface area contributed by atoms with Crippen LogP contribution in [0.1, 0.15) is 42.5 Å². The normalized spacial score (nSPS) is 38.9. The lowest BCUT2D eigenvalue weighted by Crippen LogP contribution is -2.47. The van der Waals surface area contributed by atoms with Gasteiger partial charge in [0.05, 0.1) is 18.1 Å². The molecule has 5 rings (SSSR count). The van der Waals surface area contributed by atoms with E-state index in [1.54, 1.807) is 0 Å². The van der Waals surface area contributed by atoms with Gasteiger partial charge in [-0.15, -0.1) is 0 Å². The zero-order chi connectivity index (χ0) is 17.2. The first-order valence-electron chi connectivity index (χ1n) is 9.37. The molecule has 4 aliphatic rings. The number of β-amino-alcohol motifs (C(OH)–C–C–N with tert-alkyl or cyclic N) is 1. The van der Waals surface area contributed by atoms with E-state index in [1.165, 1.54) is 0 Å². The molecular weight excluding hydrogens is 318 g/mol. The quantitative estimate of drug-likeness (QED) is 0.849. The van der Waals surface area contributed by atoms with Crippen LogP contribution in [0, 0.1) is 17.8 Å². The number of likely N-dealkylation sites (tertiary alicyclic amines) is 1. The maximum absolute atomic E-state index is 12.9. The number of para-hydroxylation sites is 1. The van der Waals surface area contributed by atoms with Gasteiger partial charge in [0.1, 0.15) is 11.4 Å². The van der Waals surface area contributed by atoms with E-state index in [2.05, 4.69) is 0 Å². The second-order valence-corrected chi connectivity index (χ2v) is 8.10. The molecule has 5 nitrogen and oxygen atoms in total. The molecule has 2 saturated carbocycles. The first kappa shape index (κ1) is 15.4. The minimum absolute atomic E-state index is 0.0305. The molecule has 1 spiro atoms. The molecule has 5 heteroatoms. The van der Waals surface area contributed by atoms with Gasteiger partial charge >= 0.3 is 0 Å². The molecule has 0 radical (unpaired) electrons. The summed E-state index contributed by atoms with van der Waals surface area (Å²) in [7, 11) is 0. The van der Waals surface area contributed by atoms with Crippen LogP contribution in [0.2, 0.25) is 0 Å². The fourth-order valence-corrected chi connectivity index (χ4v) is 5.46. The van der Waals surface area contributed by atoms with Gasteiger partial charge in [0.25, 0.3) is 0 Å². The molecular formula is C20H23NO4. The monoisotopic (exact) mass is 341 g/mol. The standard InChI is InChI=1S/C20H23NO4/c22-12-4-3-9-21(11-12)19(24)17-14-7-8-20(18(14)17)10-15(23)13-5-1-2-6-16(13)25-20/h1-2,5-6,12,14,17-18,22H,3-4,7-11H2/t12-,14+,17-,18+,20-/m0/s1. The number of hydrogen-bond acceptors (Lipinski definition) is 4. The summed E-state index contributed by atoms with van der Waals surface area (Å²) in [5, 5.41) is 9.86. The van der Waals surface area contributed by atoms with E-state index >= 15 is 0 Å². The Morgan fingerprint density at radius 2 is 2.12 bits per heavy atom. The number of amides is 1. The largest absolute Gasteiger partial charge is 0.486 e. The van der Waals surface area contributed by atoms with E-state index in [1.807, 2.05) is 29.2 Å². The number of aliphatic hydroxyl groups excluding tert-OH is 1. The highest BCUT2D eigenvalue weighted by molar-refractivity contribution is 6.00. The Bertz CT molecular complexity index is 747. The first-order chi connectivity index (χ1) is 12.1. The zero-order valence-electron chi connectivity index (χ0n) is 14.2. The van der Waals surface area contributed by atoms with Gasteiger partial charge in [-0.1, -0.05) is 12.1 Å². The van der Waals surface area contributed by atoms with Crippen molar-refractivity contribution >= 4 is 11.7 Å². The predicted octanol–water partition coefficient (Wildman–Crippen LogP) is 2.03. The smallest absolute Gasteiger partial charge is 0.226 e. The number of ether oxygens (including phenoxy) is 1. The third-order valence-corrected chi connectivity index (χ3v) is 6.63. The Morgan fingerprint density at radius 1 is 1.28 bits per heavy atom. The number of nitrogens with zero attached hydrogens (tertiary/aromatic N) is 1. The Hall–Kier alpha value is -1.88. The molecule has 0 aromatic heterocycles. The highest BCUT2D eigenvalue weighted by Gasteiger charge is 2.71. The van der Waals surface area contributed by atoms with Crippen LogP contribution in [-0.4, -0.2) is 46.5 Å². The minimum Gasteiger partial charge on any atom is -0.486 e. The van der Waals surface area contributed by atoms with Crippen LogP contribution in [0.15, 0.2) is 24.3 Å². The SMILES string of the molecule is O=C1C[C@]2(CC[C@@H]3[C@H](C(=O)N4CCC[C@H](O)C4)[C@@H]32)Oc2ccccc21. The van der Waals surface area contributed by atoms with Crippen molar-refractivity contribution in [2.75, 3.05) is 13.1 Å². The molecule has 1 aromatic rings. The van der Waals surface area contributed by atoms with Crippen LogP contribution in [0.3, 0.4) is 0 Å². The van der Waals surface area contributed by atoms with Gasteiger partial charge in [0, 0.05) is 24.9 Å². The van der Waals surface area contributed by atoms with Crippen molar-refractivity contribution in [1.29, 1.82) is 0 Å². The summed E-state index contributed by atoms with van der Waals surface area (Å²) in [6.45, 7) is 1.19. The third kappa shape index (κ3) is 2.25. The van der Waals surface area contributed by atoms with E-state index in [4.69, 9.17) is 4.74 Å². The molecule has 132 valence electrons. The molecule has 2 heterocycles. The molecule has 2 aliphatic carbocycles. The van der Waals surface area contributed by atoms with E-state index in [-0.39, 0.29) is 23.5 Å². The molecule has 25 heavy (non-hydrogen) atoms. The molecule has 1 saturated heterocycles. The van der Waals surface area contributed by atoms with Crippen LogP contribution >= 0.6 is 0 Å². The van der Waals surface area contributed by atoms with Crippen molar-refractivity contribution in [3.05, 3.63) is 29.8 Å².